The molecule has 5 unspecified atom stereocenters. The van der Waals surface area contributed by atoms with Crippen LogP contribution < -0.4 is 0 Å². The second kappa shape index (κ2) is 23.8. The van der Waals surface area contributed by atoms with E-state index in [0.29, 0.717) is 38.5 Å². The van der Waals surface area contributed by atoms with Gasteiger partial charge in [0.15, 0.2) is 17.5 Å². The van der Waals surface area contributed by atoms with Gasteiger partial charge in [-0.25, -0.2) is 0 Å². The molecule has 4 aromatic carbocycles. The maximum Gasteiger partial charge on any atom is 0.329 e. The first kappa shape index (κ1) is 50.9. The molecule has 0 fully saturated rings. The molecule has 0 spiro atoms. The zero-order valence-corrected chi connectivity index (χ0v) is 39.2. The summed E-state index contributed by atoms with van der Waals surface area (Å²) in [4.78, 5) is 59.6. The average molecular weight is 949 g/mol. The minimum absolute atomic E-state index is 0.0122. The van der Waals surface area contributed by atoms with Gasteiger partial charge in [0.25, 0.3) is 10.1 Å². The number of Topliss-reactive ketones (excluding diaryl/α,β-unsaturated/α-hetero) is 2. The molecule has 0 aromatic heterocycles. The standard InChI is InChI=1S/C48H54Cl4O9S/c1-5-9-17-31(7-3)29-48(30-32(8-4)18-10-6-2,47(56)61-44(38-26-24-36(50)28-40(38)52)42(54)34-21-15-12-16-22-34)45(62(57,58)59)46(55)60-43(37-25-23-35(49)27-39(37)51)41(53)33-19-13-11-14-20-33/h11-16,19-28,31-32,43-45H,5-10,17-18,29-30H2,1-4H3,(H,57,58,59). The quantitative estimate of drug-likeness (QED) is 0.0413. The minimum atomic E-state index is -5.61. The van der Waals surface area contributed by atoms with Crippen molar-refractivity contribution in [3.8, 4) is 0 Å². The minimum Gasteiger partial charge on any atom is -0.448 e. The molecule has 0 radical (unpaired) electrons. The van der Waals surface area contributed by atoms with Crippen molar-refractivity contribution in [2.75, 3.05) is 0 Å². The van der Waals surface area contributed by atoms with Crippen molar-refractivity contribution in [2.24, 2.45) is 17.3 Å². The highest BCUT2D eigenvalue weighted by Gasteiger charge is 2.59. The molecular formula is C48H54Cl4O9S. The average Bonchev–Trinajstić information content (AvgIpc) is 3.24. The number of halogens is 4. The summed E-state index contributed by atoms with van der Waals surface area (Å²) in [7, 11) is -5.61. The van der Waals surface area contributed by atoms with Gasteiger partial charge in [-0.1, -0.05) is 198 Å². The lowest BCUT2D eigenvalue weighted by Crippen LogP contribution is -2.54. The second-order valence-corrected chi connectivity index (χ2v) is 18.9. The van der Waals surface area contributed by atoms with Crippen molar-refractivity contribution in [3.05, 3.63) is 139 Å². The predicted molar refractivity (Wildman–Crippen MR) is 246 cm³/mol. The summed E-state index contributed by atoms with van der Waals surface area (Å²) in [5, 5.41) is -2.26. The molecule has 0 amide bonds. The van der Waals surface area contributed by atoms with Crippen molar-refractivity contribution in [2.45, 2.75) is 109 Å². The van der Waals surface area contributed by atoms with Gasteiger partial charge in [0.2, 0.25) is 11.6 Å². The fourth-order valence-electron chi connectivity index (χ4n) is 7.97. The van der Waals surface area contributed by atoms with Crippen LogP contribution in [0.2, 0.25) is 20.1 Å². The fourth-order valence-corrected chi connectivity index (χ4v) is 10.1. The summed E-state index contributed by atoms with van der Waals surface area (Å²) in [6, 6.07) is 24.3. The SMILES string of the molecule is CCCCC(CC)CC(CC(CC)CCCC)(C(=O)OC(C(=O)c1ccccc1)c1ccc(Cl)cc1Cl)C(C(=O)OC(C(=O)c1ccccc1)c1ccc(Cl)cc1Cl)S(=O)(=O)O. The molecule has 0 saturated heterocycles. The number of benzene rings is 4. The number of hydrogen-bond acceptors (Lipinski definition) is 8. The van der Waals surface area contributed by atoms with Gasteiger partial charge in [-0.2, -0.15) is 8.42 Å². The van der Waals surface area contributed by atoms with Crippen molar-refractivity contribution in [3.63, 3.8) is 0 Å². The first-order chi connectivity index (χ1) is 29.5. The predicted octanol–water partition coefficient (Wildman–Crippen LogP) is 13.4. The third-order valence-corrected chi connectivity index (χ3v) is 13.7. The Morgan fingerprint density at radius 2 is 1.02 bits per heavy atom. The normalized spacial score (nSPS) is 15.0. The molecule has 9 nitrogen and oxygen atoms in total. The van der Waals surface area contributed by atoms with E-state index in [4.69, 9.17) is 55.9 Å². The topological polar surface area (TPSA) is 141 Å². The zero-order chi connectivity index (χ0) is 45.6. The molecule has 14 heteroatoms. The van der Waals surface area contributed by atoms with Crippen molar-refractivity contribution >= 4 is 80.0 Å². The molecule has 62 heavy (non-hydrogen) atoms. The van der Waals surface area contributed by atoms with Crippen LogP contribution in [0.15, 0.2) is 97.1 Å². The molecule has 0 bridgehead atoms. The van der Waals surface area contributed by atoms with E-state index in [-0.39, 0.29) is 67.0 Å². The second-order valence-electron chi connectivity index (χ2n) is 15.7. The Hall–Kier alpha value is -3.77. The lowest BCUT2D eigenvalue weighted by atomic mass is 9.68. The Kier molecular flexibility index (Phi) is 19.5. The van der Waals surface area contributed by atoms with Crippen LogP contribution in [0, 0.1) is 17.3 Å². The van der Waals surface area contributed by atoms with Gasteiger partial charge >= 0.3 is 11.9 Å². The van der Waals surface area contributed by atoms with Crippen LogP contribution in [0.5, 0.6) is 0 Å². The zero-order valence-electron chi connectivity index (χ0n) is 35.3. The highest BCUT2D eigenvalue weighted by atomic mass is 35.5. The van der Waals surface area contributed by atoms with Crippen molar-refractivity contribution in [1.29, 1.82) is 0 Å². The summed E-state index contributed by atoms with van der Waals surface area (Å²) in [5.41, 5.74) is -2.09. The number of ketones is 2. The third-order valence-electron chi connectivity index (χ3n) is 11.4. The largest absolute Gasteiger partial charge is 0.448 e. The summed E-state index contributed by atoms with van der Waals surface area (Å²) in [5.74, 6) is -5.03. The van der Waals surface area contributed by atoms with Gasteiger partial charge in [-0.15, -0.1) is 0 Å². The van der Waals surface area contributed by atoms with Gasteiger partial charge in [0, 0.05) is 42.3 Å². The Balaban J connectivity index is 2.04. The van der Waals surface area contributed by atoms with Crippen LogP contribution in [0.4, 0.5) is 0 Å². The number of carbonyl (C=O) groups excluding carboxylic acids is 4. The van der Waals surface area contributed by atoms with E-state index in [9.17, 15) is 22.6 Å². The fraction of sp³-hybridized carbons (Fsp3) is 0.417. The van der Waals surface area contributed by atoms with Gasteiger partial charge in [0.05, 0.1) is 5.41 Å². The van der Waals surface area contributed by atoms with E-state index in [1.165, 1.54) is 60.7 Å². The molecule has 1 N–H and O–H groups in total. The lowest BCUT2D eigenvalue weighted by molar-refractivity contribution is -0.169. The Bertz CT molecular complexity index is 2240. The molecule has 334 valence electrons. The molecule has 0 aliphatic heterocycles. The molecule has 4 aromatic rings. The van der Waals surface area contributed by atoms with Gasteiger partial charge in [0.1, 0.15) is 0 Å². The number of ether oxygens (including phenoxy) is 2. The van der Waals surface area contributed by atoms with E-state index in [2.05, 4.69) is 0 Å². The number of carbonyl (C=O) groups is 4. The number of unbranched alkanes of at least 4 members (excludes halogenated alkanes) is 2. The summed E-state index contributed by atoms with van der Waals surface area (Å²) in [6.07, 6.45) is 0.824. The highest BCUT2D eigenvalue weighted by molar-refractivity contribution is 7.87. The Labute approximate surface area is 385 Å². The summed E-state index contributed by atoms with van der Waals surface area (Å²) >= 11 is 25.8. The molecule has 0 heterocycles. The van der Waals surface area contributed by atoms with E-state index in [1.54, 1.807) is 36.4 Å². The van der Waals surface area contributed by atoms with E-state index in [0.717, 1.165) is 12.8 Å². The van der Waals surface area contributed by atoms with Gasteiger partial charge in [-0.05, 0) is 48.9 Å². The smallest absolute Gasteiger partial charge is 0.329 e. The highest BCUT2D eigenvalue weighted by Crippen LogP contribution is 2.48. The first-order valence-electron chi connectivity index (χ1n) is 21.0. The van der Waals surface area contributed by atoms with Crippen LogP contribution >= 0.6 is 46.4 Å². The first-order valence-corrected chi connectivity index (χ1v) is 24.0. The Morgan fingerprint density at radius 3 is 1.37 bits per heavy atom. The Morgan fingerprint density at radius 1 is 0.613 bits per heavy atom. The monoisotopic (exact) mass is 946 g/mol. The molecule has 5 atom stereocenters. The molecule has 0 aliphatic carbocycles. The molecule has 0 aliphatic rings. The lowest BCUT2D eigenvalue weighted by Gasteiger charge is -2.41. The third kappa shape index (κ3) is 13.1. The van der Waals surface area contributed by atoms with Crippen molar-refractivity contribution in [1.82, 2.24) is 0 Å². The number of rotatable bonds is 24. The van der Waals surface area contributed by atoms with E-state index < -0.39 is 56.5 Å². The number of esters is 2. The summed E-state index contributed by atoms with van der Waals surface area (Å²) in [6.45, 7) is 7.76. The van der Waals surface area contributed by atoms with Crippen molar-refractivity contribution < 1.29 is 41.6 Å². The van der Waals surface area contributed by atoms with Crippen LogP contribution in [0.3, 0.4) is 0 Å². The van der Waals surface area contributed by atoms with Crippen LogP contribution in [-0.4, -0.2) is 41.7 Å². The van der Waals surface area contributed by atoms with Crippen LogP contribution in [-0.2, 0) is 29.2 Å². The molecular weight excluding hydrogens is 894 g/mol. The van der Waals surface area contributed by atoms with Gasteiger partial charge in [-0.3, -0.25) is 23.7 Å². The van der Waals surface area contributed by atoms with E-state index in [1.807, 2.05) is 27.7 Å². The molecule has 4 rings (SSSR count). The maximum absolute atomic E-state index is 15.7. The maximum atomic E-state index is 15.7. The summed E-state index contributed by atoms with van der Waals surface area (Å²) < 4.78 is 52.1. The van der Waals surface area contributed by atoms with Crippen LogP contribution in [0.25, 0.3) is 0 Å². The van der Waals surface area contributed by atoms with Crippen LogP contribution in [0.1, 0.15) is 136 Å². The number of hydrogen-bond donors (Lipinski definition) is 1. The molecule has 0 saturated carbocycles. The van der Waals surface area contributed by atoms with E-state index >= 15 is 9.59 Å². The van der Waals surface area contributed by atoms with Gasteiger partial charge < -0.3 is 9.47 Å².